The molecule has 5 aromatic rings. The lowest BCUT2D eigenvalue weighted by Gasteiger charge is -2.38. The van der Waals surface area contributed by atoms with Crippen molar-refractivity contribution in [2.75, 3.05) is 20.1 Å². The maximum absolute atomic E-state index is 14.6. The zero-order chi connectivity index (χ0) is 35.6. The summed E-state index contributed by atoms with van der Waals surface area (Å²) in [4.78, 5) is 36.3. The standard InChI is InChI=1S/C39H37F5N4O2/c1-25-6-17-33-35(49)22-32(16-13-29-4-3-5-34(40)37(29)41)48(38(33)45-25)24-36(50)47(31-18-20-46(2)21-19-31)23-26-7-9-27(10-8-26)28-11-14-30(15-12-28)39(42,43)44/h3-12,14-15,17,22,31H,13,16,18-21,23-24H2,1-2H3. The molecule has 6 rings (SSSR count). The number of likely N-dealkylation sites (tertiary alicyclic amines) is 1. The van der Waals surface area contributed by atoms with E-state index in [-0.39, 0.29) is 42.3 Å². The number of piperidine rings is 1. The van der Waals surface area contributed by atoms with E-state index in [4.69, 9.17) is 0 Å². The van der Waals surface area contributed by atoms with Gasteiger partial charge in [0, 0.05) is 30.0 Å². The lowest BCUT2D eigenvalue weighted by atomic mass is 10.00. The van der Waals surface area contributed by atoms with Crippen molar-refractivity contribution in [2.24, 2.45) is 0 Å². The van der Waals surface area contributed by atoms with Crippen LogP contribution < -0.4 is 5.43 Å². The number of halogens is 5. The van der Waals surface area contributed by atoms with Crippen molar-refractivity contribution in [2.45, 2.75) is 57.9 Å². The van der Waals surface area contributed by atoms with Gasteiger partial charge >= 0.3 is 6.18 Å². The topological polar surface area (TPSA) is 58.4 Å². The smallest absolute Gasteiger partial charge is 0.334 e. The Balaban J connectivity index is 1.30. The molecule has 0 spiro atoms. The van der Waals surface area contributed by atoms with E-state index in [1.165, 1.54) is 30.3 Å². The second-order valence-electron chi connectivity index (χ2n) is 13.0. The summed E-state index contributed by atoms with van der Waals surface area (Å²) >= 11 is 0. The predicted molar refractivity (Wildman–Crippen MR) is 182 cm³/mol. The second kappa shape index (κ2) is 14.5. The van der Waals surface area contributed by atoms with Gasteiger partial charge in [0.15, 0.2) is 17.1 Å². The van der Waals surface area contributed by atoms with Gasteiger partial charge in [-0.3, -0.25) is 9.59 Å². The second-order valence-corrected chi connectivity index (χ2v) is 13.0. The molecule has 0 aliphatic carbocycles. The fourth-order valence-electron chi connectivity index (χ4n) is 6.58. The zero-order valence-corrected chi connectivity index (χ0v) is 27.8. The van der Waals surface area contributed by atoms with Crippen LogP contribution in [0.2, 0.25) is 0 Å². The Morgan fingerprint density at radius 2 is 1.56 bits per heavy atom. The van der Waals surface area contributed by atoms with Crippen molar-refractivity contribution in [1.29, 1.82) is 0 Å². The number of carbonyl (C=O) groups excluding carboxylic acids is 1. The Bertz CT molecular complexity index is 2050. The highest BCUT2D eigenvalue weighted by Gasteiger charge is 2.30. The summed E-state index contributed by atoms with van der Waals surface area (Å²) in [6.45, 7) is 3.60. The first kappa shape index (κ1) is 34.9. The Hall–Kier alpha value is -4.90. The van der Waals surface area contributed by atoms with Crippen molar-refractivity contribution in [3.05, 3.63) is 135 Å². The van der Waals surface area contributed by atoms with Gasteiger partial charge in [0.1, 0.15) is 12.2 Å². The average Bonchev–Trinajstić information content (AvgIpc) is 3.09. The van der Waals surface area contributed by atoms with Crippen LogP contribution >= 0.6 is 0 Å². The first-order valence-corrected chi connectivity index (χ1v) is 16.5. The summed E-state index contributed by atoms with van der Waals surface area (Å²) < 4.78 is 69.5. The molecule has 0 radical (unpaired) electrons. The van der Waals surface area contributed by atoms with Gasteiger partial charge in [-0.15, -0.1) is 0 Å². The summed E-state index contributed by atoms with van der Waals surface area (Å²) in [7, 11) is 2.04. The van der Waals surface area contributed by atoms with E-state index in [2.05, 4.69) is 9.88 Å². The minimum Gasteiger partial charge on any atom is -0.334 e. The Morgan fingerprint density at radius 3 is 2.22 bits per heavy atom. The number of fused-ring (bicyclic) bond motifs is 1. The number of alkyl halides is 3. The highest BCUT2D eigenvalue weighted by molar-refractivity contribution is 5.81. The van der Waals surface area contributed by atoms with Gasteiger partial charge in [0.05, 0.1) is 10.9 Å². The molecular formula is C39H37F5N4O2. The molecule has 0 bridgehead atoms. The summed E-state index contributed by atoms with van der Waals surface area (Å²) in [6, 6.07) is 21.2. The van der Waals surface area contributed by atoms with Crippen LogP contribution in [0.3, 0.4) is 0 Å². The molecule has 0 unspecified atom stereocenters. The van der Waals surface area contributed by atoms with Crippen molar-refractivity contribution in [3.8, 4) is 11.1 Å². The van der Waals surface area contributed by atoms with Crippen molar-refractivity contribution < 1.29 is 26.7 Å². The summed E-state index contributed by atoms with van der Waals surface area (Å²) in [5.41, 5.74) is 2.93. The predicted octanol–water partition coefficient (Wildman–Crippen LogP) is 7.58. The first-order chi connectivity index (χ1) is 23.9. The van der Waals surface area contributed by atoms with Crippen LogP contribution in [0.5, 0.6) is 0 Å². The fourth-order valence-corrected chi connectivity index (χ4v) is 6.58. The Labute approximate surface area is 286 Å². The molecule has 1 amide bonds. The van der Waals surface area contributed by atoms with E-state index >= 15 is 0 Å². The molecule has 1 fully saturated rings. The SMILES string of the molecule is Cc1ccc2c(=O)cc(CCc3cccc(F)c3F)n(CC(=O)N(Cc3ccc(-c4ccc(C(F)(F)F)cc4)cc3)C3CCN(C)CC3)c2n1. The monoisotopic (exact) mass is 688 g/mol. The van der Waals surface area contributed by atoms with Gasteiger partial charge in [-0.1, -0.05) is 48.5 Å². The molecule has 0 saturated carbocycles. The van der Waals surface area contributed by atoms with Gasteiger partial charge < -0.3 is 14.4 Å². The zero-order valence-electron chi connectivity index (χ0n) is 27.8. The van der Waals surface area contributed by atoms with E-state index in [1.54, 1.807) is 23.6 Å². The van der Waals surface area contributed by atoms with Crippen molar-refractivity contribution >= 4 is 16.9 Å². The maximum Gasteiger partial charge on any atom is 0.416 e. The van der Waals surface area contributed by atoms with Crippen LogP contribution in [0.1, 0.15) is 40.9 Å². The maximum atomic E-state index is 14.6. The van der Waals surface area contributed by atoms with Gasteiger partial charge in [0.25, 0.3) is 0 Å². The highest BCUT2D eigenvalue weighted by atomic mass is 19.4. The van der Waals surface area contributed by atoms with E-state index in [9.17, 15) is 31.5 Å². The summed E-state index contributed by atoms with van der Waals surface area (Å²) in [5, 5.41) is 0.355. The lowest BCUT2D eigenvalue weighted by Crippen LogP contribution is -2.47. The van der Waals surface area contributed by atoms with Crippen LogP contribution in [-0.4, -0.2) is 51.4 Å². The third-order valence-electron chi connectivity index (χ3n) is 9.46. The first-order valence-electron chi connectivity index (χ1n) is 16.5. The summed E-state index contributed by atoms with van der Waals surface area (Å²) in [6.07, 6.45) is -2.60. The molecule has 50 heavy (non-hydrogen) atoms. The molecule has 11 heteroatoms. The Morgan fingerprint density at radius 1 is 0.900 bits per heavy atom. The number of nitrogens with zero attached hydrogens (tertiary/aromatic N) is 4. The molecule has 0 atom stereocenters. The van der Waals surface area contributed by atoms with Gasteiger partial charge in [-0.2, -0.15) is 13.2 Å². The molecule has 3 heterocycles. The lowest BCUT2D eigenvalue weighted by molar-refractivity contribution is -0.137. The Kier molecular flexibility index (Phi) is 10.2. The molecule has 6 nitrogen and oxygen atoms in total. The van der Waals surface area contributed by atoms with Crippen LogP contribution in [0, 0.1) is 18.6 Å². The van der Waals surface area contributed by atoms with Crippen LogP contribution in [0.15, 0.2) is 89.7 Å². The van der Waals surface area contributed by atoms with E-state index in [0.717, 1.165) is 55.3 Å². The molecule has 2 aromatic heterocycles. The van der Waals surface area contributed by atoms with Crippen LogP contribution in [0.4, 0.5) is 22.0 Å². The number of hydrogen-bond acceptors (Lipinski definition) is 4. The van der Waals surface area contributed by atoms with Crippen LogP contribution in [0.25, 0.3) is 22.2 Å². The molecule has 1 aliphatic heterocycles. The van der Waals surface area contributed by atoms with Gasteiger partial charge in [0.2, 0.25) is 5.91 Å². The fraction of sp³-hybridized carbons (Fsp3) is 0.308. The normalized spacial score (nSPS) is 14.3. The number of hydrogen-bond donors (Lipinski definition) is 0. The molecule has 1 aliphatic rings. The van der Waals surface area contributed by atoms with Crippen molar-refractivity contribution in [1.82, 2.24) is 19.4 Å². The number of benzene rings is 3. The number of rotatable bonds is 9. The minimum absolute atomic E-state index is 0.0570. The highest BCUT2D eigenvalue weighted by Crippen LogP contribution is 2.31. The quantitative estimate of drug-likeness (QED) is 0.150. The minimum atomic E-state index is -4.41. The van der Waals surface area contributed by atoms with E-state index < -0.39 is 23.4 Å². The summed E-state index contributed by atoms with van der Waals surface area (Å²) in [5.74, 6) is -2.07. The third-order valence-corrected chi connectivity index (χ3v) is 9.46. The molecular weight excluding hydrogens is 651 g/mol. The van der Waals surface area contributed by atoms with E-state index in [0.29, 0.717) is 34.5 Å². The molecule has 260 valence electrons. The number of aromatic nitrogens is 2. The average molecular weight is 689 g/mol. The number of aryl methyl sites for hydroxylation is 3. The number of amides is 1. The third kappa shape index (κ3) is 7.78. The molecule has 1 saturated heterocycles. The largest absolute Gasteiger partial charge is 0.416 e. The number of carbonyl (C=O) groups is 1. The number of pyridine rings is 2. The molecule has 3 aromatic carbocycles. The van der Waals surface area contributed by atoms with Gasteiger partial charge in [-0.25, -0.2) is 13.8 Å². The van der Waals surface area contributed by atoms with Crippen molar-refractivity contribution in [3.63, 3.8) is 0 Å². The van der Waals surface area contributed by atoms with E-state index in [1.807, 2.05) is 36.2 Å². The van der Waals surface area contributed by atoms with Gasteiger partial charge in [-0.05, 0) is 105 Å². The van der Waals surface area contributed by atoms with Crippen LogP contribution in [-0.2, 0) is 36.9 Å². The molecule has 0 N–H and O–H groups in total.